The summed E-state index contributed by atoms with van der Waals surface area (Å²) in [5.41, 5.74) is 2.38. The van der Waals surface area contributed by atoms with Crippen LogP contribution in [0.5, 0.6) is 5.75 Å². The third-order valence-electron chi connectivity index (χ3n) is 4.18. The maximum Gasteiger partial charge on any atom is 0.251 e. The Morgan fingerprint density at radius 2 is 2.04 bits per heavy atom. The van der Waals surface area contributed by atoms with Gasteiger partial charge in [-0.3, -0.25) is 4.79 Å². The molecule has 0 aromatic heterocycles. The molecule has 1 aliphatic heterocycles. The lowest BCUT2D eigenvalue weighted by Crippen LogP contribution is -2.32. The van der Waals surface area contributed by atoms with Crippen molar-refractivity contribution in [3.05, 3.63) is 64.7 Å². The molecule has 0 radical (unpaired) electrons. The van der Waals surface area contributed by atoms with Gasteiger partial charge in [-0.15, -0.1) is 0 Å². The van der Waals surface area contributed by atoms with Crippen LogP contribution in [0.3, 0.4) is 0 Å². The molecule has 1 N–H and O–H groups in total. The van der Waals surface area contributed by atoms with Crippen LogP contribution in [0.15, 0.2) is 36.4 Å². The Hall–Kier alpha value is -2.43. The van der Waals surface area contributed by atoms with Gasteiger partial charge in [-0.25, -0.2) is 8.78 Å². The van der Waals surface area contributed by atoms with E-state index in [1.54, 1.807) is 12.1 Å². The van der Waals surface area contributed by atoms with Crippen molar-refractivity contribution in [1.29, 1.82) is 0 Å². The van der Waals surface area contributed by atoms with Crippen LogP contribution < -0.4 is 10.1 Å². The van der Waals surface area contributed by atoms with Crippen molar-refractivity contribution in [3.8, 4) is 5.75 Å². The fraction of sp³-hybridized carbons (Fsp3) is 0.316. The number of hydrogen-bond acceptors (Lipinski definition) is 2. The van der Waals surface area contributed by atoms with E-state index in [1.165, 1.54) is 6.07 Å². The molecule has 2 aromatic rings. The van der Waals surface area contributed by atoms with Crippen molar-refractivity contribution >= 4 is 5.91 Å². The monoisotopic (exact) mass is 331 g/mol. The number of halogens is 2. The highest BCUT2D eigenvalue weighted by molar-refractivity contribution is 5.94. The van der Waals surface area contributed by atoms with E-state index in [2.05, 4.69) is 5.32 Å². The smallest absolute Gasteiger partial charge is 0.251 e. The number of aryl methyl sites for hydroxylation is 1. The Morgan fingerprint density at radius 1 is 1.21 bits per heavy atom. The number of rotatable bonds is 5. The number of hydrogen-bond donors (Lipinski definition) is 1. The second-order valence-electron chi connectivity index (χ2n) is 6.08. The minimum atomic E-state index is -0.847. The summed E-state index contributed by atoms with van der Waals surface area (Å²) in [6.07, 6.45) is 2.03. The molecule has 0 spiro atoms. The van der Waals surface area contributed by atoms with E-state index in [0.717, 1.165) is 23.8 Å². The zero-order chi connectivity index (χ0) is 17.1. The van der Waals surface area contributed by atoms with Gasteiger partial charge in [0.15, 0.2) is 11.6 Å². The van der Waals surface area contributed by atoms with Crippen molar-refractivity contribution < 1.29 is 18.3 Å². The van der Waals surface area contributed by atoms with Crippen LogP contribution in [0.4, 0.5) is 8.78 Å². The zero-order valence-electron chi connectivity index (χ0n) is 13.4. The molecular weight excluding hydrogens is 312 g/mol. The SMILES string of the molecule is CC(CCc1ccc(F)c(F)c1)NC(=O)c1ccc2c(c1)CCO2. The normalized spacial score (nSPS) is 14.0. The molecule has 0 saturated heterocycles. The number of benzene rings is 2. The average Bonchev–Trinajstić information content (AvgIpc) is 3.03. The van der Waals surface area contributed by atoms with Gasteiger partial charge in [0.05, 0.1) is 6.61 Å². The molecular formula is C19H19F2NO2. The lowest BCUT2D eigenvalue weighted by molar-refractivity contribution is 0.0938. The zero-order valence-corrected chi connectivity index (χ0v) is 13.4. The average molecular weight is 331 g/mol. The maximum absolute atomic E-state index is 13.2. The summed E-state index contributed by atoms with van der Waals surface area (Å²) in [7, 11) is 0. The first-order chi connectivity index (χ1) is 11.5. The summed E-state index contributed by atoms with van der Waals surface area (Å²) in [6, 6.07) is 9.25. The lowest BCUT2D eigenvalue weighted by Gasteiger charge is -2.14. The molecule has 3 nitrogen and oxygen atoms in total. The molecule has 1 amide bonds. The lowest BCUT2D eigenvalue weighted by atomic mass is 10.0. The number of ether oxygens (including phenoxy) is 1. The van der Waals surface area contributed by atoms with Crippen LogP contribution in [-0.4, -0.2) is 18.6 Å². The topological polar surface area (TPSA) is 38.3 Å². The van der Waals surface area contributed by atoms with Crippen molar-refractivity contribution in [2.75, 3.05) is 6.61 Å². The van der Waals surface area contributed by atoms with E-state index in [-0.39, 0.29) is 11.9 Å². The Kier molecular flexibility index (Phi) is 4.79. The third-order valence-corrected chi connectivity index (χ3v) is 4.18. The van der Waals surface area contributed by atoms with Gasteiger partial charge in [-0.2, -0.15) is 0 Å². The minimum absolute atomic E-state index is 0.0740. The van der Waals surface area contributed by atoms with Crippen LogP contribution >= 0.6 is 0 Å². The van der Waals surface area contributed by atoms with Gasteiger partial charge in [-0.1, -0.05) is 6.07 Å². The number of nitrogens with one attached hydrogen (secondary N) is 1. The number of amides is 1. The van der Waals surface area contributed by atoms with Crippen molar-refractivity contribution in [2.24, 2.45) is 0 Å². The molecule has 1 heterocycles. The molecule has 2 aromatic carbocycles. The molecule has 5 heteroatoms. The van der Waals surface area contributed by atoms with E-state index < -0.39 is 11.6 Å². The third kappa shape index (κ3) is 3.72. The molecule has 126 valence electrons. The van der Waals surface area contributed by atoms with Gasteiger partial charge in [0.1, 0.15) is 5.75 Å². The second-order valence-corrected chi connectivity index (χ2v) is 6.08. The summed E-state index contributed by atoms with van der Waals surface area (Å²) in [5, 5.41) is 2.94. The summed E-state index contributed by atoms with van der Waals surface area (Å²) in [6.45, 7) is 2.55. The summed E-state index contributed by atoms with van der Waals surface area (Å²) >= 11 is 0. The van der Waals surface area contributed by atoms with E-state index in [1.807, 2.05) is 19.1 Å². The van der Waals surface area contributed by atoms with Gasteiger partial charge in [0, 0.05) is 18.0 Å². The fourth-order valence-electron chi connectivity index (χ4n) is 2.79. The van der Waals surface area contributed by atoms with Gasteiger partial charge >= 0.3 is 0 Å². The summed E-state index contributed by atoms with van der Waals surface area (Å²) < 4.78 is 31.5. The standard InChI is InChI=1S/C19H19F2NO2/c1-12(2-3-13-4-6-16(20)17(21)10-13)22-19(23)15-5-7-18-14(11-15)8-9-24-18/h4-7,10-12H,2-3,8-9H2,1H3,(H,22,23). The van der Waals surface area contributed by atoms with Crippen molar-refractivity contribution in [1.82, 2.24) is 5.32 Å². The first-order valence-corrected chi connectivity index (χ1v) is 8.03. The first kappa shape index (κ1) is 16.4. The molecule has 0 fully saturated rings. The minimum Gasteiger partial charge on any atom is -0.493 e. The largest absolute Gasteiger partial charge is 0.493 e. The highest BCUT2D eigenvalue weighted by atomic mass is 19.2. The predicted octanol–water partition coefficient (Wildman–Crippen LogP) is 3.65. The Morgan fingerprint density at radius 3 is 2.83 bits per heavy atom. The van der Waals surface area contributed by atoms with Crippen molar-refractivity contribution in [3.63, 3.8) is 0 Å². The quantitative estimate of drug-likeness (QED) is 0.908. The van der Waals surface area contributed by atoms with Crippen LogP contribution in [0.2, 0.25) is 0 Å². The molecule has 1 unspecified atom stereocenters. The highest BCUT2D eigenvalue weighted by Crippen LogP contribution is 2.25. The summed E-state index contributed by atoms with van der Waals surface area (Å²) in [4.78, 5) is 12.3. The first-order valence-electron chi connectivity index (χ1n) is 8.03. The van der Waals surface area contributed by atoms with E-state index in [9.17, 15) is 13.6 Å². The number of carbonyl (C=O) groups excluding carboxylic acids is 1. The fourth-order valence-corrected chi connectivity index (χ4v) is 2.79. The van der Waals surface area contributed by atoms with E-state index >= 15 is 0 Å². The highest BCUT2D eigenvalue weighted by Gasteiger charge is 2.16. The van der Waals surface area contributed by atoms with E-state index in [4.69, 9.17) is 4.74 Å². The Balaban J connectivity index is 1.55. The van der Waals surface area contributed by atoms with Gasteiger partial charge in [0.25, 0.3) is 5.91 Å². The van der Waals surface area contributed by atoms with Crippen LogP contribution in [0.1, 0.15) is 34.8 Å². The van der Waals surface area contributed by atoms with Gasteiger partial charge in [-0.05, 0) is 61.2 Å². The van der Waals surface area contributed by atoms with Gasteiger partial charge < -0.3 is 10.1 Å². The Labute approximate surface area is 139 Å². The van der Waals surface area contributed by atoms with Crippen LogP contribution in [0.25, 0.3) is 0 Å². The second kappa shape index (κ2) is 6.99. The Bertz CT molecular complexity index is 761. The molecule has 0 aliphatic carbocycles. The molecule has 24 heavy (non-hydrogen) atoms. The molecule has 1 aliphatic rings. The number of carbonyl (C=O) groups is 1. The maximum atomic E-state index is 13.2. The van der Waals surface area contributed by atoms with Crippen LogP contribution in [-0.2, 0) is 12.8 Å². The van der Waals surface area contributed by atoms with Crippen LogP contribution in [0, 0.1) is 11.6 Å². The molecule has 1 atom stereocenters. The van der Waals surface area contributed by atoms with Crippen molar-refractivity contribution in [2.45, 2.75) is 32.2 Å². The molecule has 0 bridgehead atoms. The summed E-state index contributed by atoms with van der Waals surface area (Å²) in [5.74, 6) is -0.981. The van der Waals surface area contributed by atoms with E-state index in [0.29, 0.717) is 30.6 Å². The number of fused-ring (bicyclic) bond motifs is 1. The van der Waals surface area contributed by atoms with Gasteiger partial charge in [0.2, 0.25) is 0 Å². The molecule has 0 saturated carbocycles. The predicted molar refractivity (Wildman–Crippen MR) is 87.2 cm³/mol. The molecule has 3 rings (SSSR count).